The van der Waals surface area contributed by atoms with E-state index in [1.807, 2.05) is 61.8 Å². The quantitative estimate of drug-likeness (QED) is 0.402. The Morgan fingerprint density at radius 2 is 1.87 bits per heavy atom. The number of hydrogen-bond acceptors (Lipinski definition) is 7. The molecule has 2 heterocycles. The fraction of sp³-hybridized carbons (Fsp3) is 0.467. The van der Waals surface area contributed by atoms with E-state index in [2.05, 4.69) is 21.4 Å². The van der Waals surface area contributed by atoms with Gasteiger partial charge in [-0.2, -0.15) is 0 Å². The van der Waals surface area contributed by atoms with Crippen LogP contribution >= 0.6 is 0 Å². The van der Waals surface area contributed by atoms with Crippen molar-refractivity contribution in [1.29, 1.82) is 0 Å². The maximum absolute atomic E-state index is 12.3. The van der Waals surface area contributed by atoms with Gasteiger partial charge in [-0.1, -0.05) is 30.7 Å². The molecule has 1 atom stereocenters. The molecule has 1 aliphatic heterocycles. The highest BCUT2D eigenvalue weighted by Gasteiger charge is 2.37. The summed E-state index contributed by atoms with van der Waals surface area (Å²) < 4.78 is 19.7. The van der Waals surface area contributed by atoms with Crippen LogP contribution < -0.4 is 14.2 Å². The summed E-state index contributed by atoms with van der Waals surface area (Å²) in [4.78, 5) is 20.5. The molecule has 1 amide bonds. The van der Waals surface area contributed by atoms with E-state index >= 15 is 0 Å². The highest BCUT2D eigenvalue weighted by Crippen LogP contribution is 2.29. The van der Waals surface area contributed by atoms with Gasteiger partial charge in [0.2, 0.25) is 5.91 Å². The number of amides is 1. The van der Waals surface area contributed by atoms with Crippen molar-refractivity contribution in [1.82, 2.24) is 19.4 Å². The second kappa shape index (κ2) is 13.0. The molecule has 0 saturated carbocycles. The fourth-order valence-corrected chi connectivity index (χ4v) is 4.89. The van der Waals surface area contributed by atoms with Crippen LogP contribution in [0.1, 0.15) is 30.8 Å². The van der Waals surface area contributed by atoms with Crippen LogP contribution in [0.25, 0.3) is 0 Å². The smallest absolute Gasteiger partial charge is 0.219 e. The van der Waals surface area contributed by atoms with Crippen LogP contribution in [0.2, 0.25) is 0 Å². The molecule has 3 aromatic rings. The number of carbonyl (C=O) groups is 1. The Kier molecular flexibility index (Phi) is 9.48. The summed E-state index contributed by atoms with van der Waals surface area (Å²) in [7, 11) is 1.63. The van der Waals surface area contributed by atoms with Crippen LogP contribution in [0, 0.1) is 6.92 Å². The minimum atomic E-state index is -1.22. The van der Waals surface area contributed by atoms with Gasteiger partial charge in [0, 0.05) is 51.9 Å². The summed E-state index contributed by atoms with van der Waals surface area (Å²) in [5.41, 5.74) is 0.950. The minimum absolute atomic E-state index is 0.0597. The molecule has 39 heavy (non-hydrogen) atoms. The van der Waals surface area contributed by atoms with Gasteiger partial charge in [0.1, 0.15) is 30.4 Å². The van der Waals surface area contributed by atoms with Crippen molar-refractivity contribution in [3.05, 3.63) is 71.8 Å². The molecule has 1 fully saturated rings. The number of aryl methyl sites for hydroxylation is 2. The number of aliphatic hydroxyl groups is 1. The van der Waals surface area contributed by atoms with Gasteiger partial charge < -0.3 is 28.8 Å². The van der Waals surface area contributed by atoms with E-state index in [1.54, 1.807) is 12.0 Å². The maximum atomic E-state index is 12.3. The van der Waals surface area contributed by atoms with Crippen LogP contribution in [-0.2, 0) is 24.3 Å². The lowest BCUT2D eigenvalue weighted by molar-refractivity contribution is -0.132. The van der Waals surface area contributed by atoms with E-state index < -0.39 is 5.60 Å². The number of benzene rings is 2. The largest absolute Gasteiger partial charge is 0.493 e. The van der Waals surface area contributed by atoms with Gasteiger partial charge in [-0.15, -0.1) is 0 Å². The summed E-state index contributed by atoms with van der Waals surface area (Å²) in [6.45, 7) is 9.28. The monoisotopic (exact) mass is 536 g/mol. The molecule has 1 saturated heterocycles. The van der Waals surface area contributed by atoms with Crippen LogP contribution in [0.5, 0.6) is 17.2 Å². The van der Waals surface area contributed by atoms with Crippen molar-refractivity contribution < 1.29 is 24.1 Å². The van der Waals surface area contributed by atoms with E-state index in [1.165, 1.54) is 6.92 Å². The zero-order valence-corrected chi connectivity index (χ0v) is 23.4. The van der Waals surface area contributed by atoms with Gasteiger partial charge in [-0.25, -0.2) is 4.98 Å². The molecule has 1 aliphatic rings. The lowest BCUT2D eigenvalue weighted by atomic mass is 10.0. The van der Waals surface area contributed by atoms with Gasteiger partial charge in [-0.05, 0) is 36.8 Å². The molecule has 210 valence electrons. The number of imidazole rings is 1. The first-order chi connectivity index (χ1) is 18.8. The zero-order valence-electron chi connectivity index (χ0n) is 23.4. The van der Waals surface area contributed by atoms with E-state index in [0.29, 0.717) is 56.6 Å². The van der Waals surface area contributed by atoms with Crippen molar-refractivity contribution in [2.24, 2.45) is 0 Å². The van der Waals surface area contributed by atoms with Crippen molar-refractivity contribution in [2.45, 2.75) is 45.9 Å². The van der Waals surface area contributed by atoms with Crippen molar-refractivity contribution >= 4 is 5.91 Å². The third-order valence-electron chi connectivity index (χ3n) is 7.00. The van der Waals surface area contributed by atoms with E-state index in [9.17, 15) is 9.90 Å². The predicted octanol–water partition coefficient (Wildman–Crippen LogP) is 3.32. The highest BCUT2D eigenvalue weighted by atomic mass is 16.5. The molecule has 1 unspecified atom stereocenters. The summed E-state index contributed by atoms with van der Waals surface area (Å²) in [5.74, 6) is 3.01. The molecular formula is C30H40N4O5. The molecule has 0 spiro atoms. The van der Waals surface area contributed by atoms with Gasteiger partial charge in [0.05, 0.1) is 20.2 Å². The summed E-state index contributed by atoms with van der Waals surface area (Å²) in [6.07, 6.45) is 4.64. The van der Waals surface area contributed by atoms with Gasteiger partial charge >= 0.3 is 0 Å². The van der Waals surface area contributed by atoms with Gasteiger partial charge in [0.25, 0.3) is 0 Å². The van der Waals surface area contributed by atoms with Crippen LogP contribution in [0.15, 0.2) is 54.9 Å². The van der Waals surface area contributed by atoms with Crippen molar-refractivity contribution in [3.63, 3.8) is 0 Å². The Hall–Kier alpha value is -3.56. The van der Waals surface area contributed by atoms with Crippen LogP contribution in [-0.4, -0.2) is 82.5 Å². The second-order valence-corrected chi connectivity index (χ2v) is 10.2. The third kappa shape index (κ3) is 7.74. The summed E-state index contributed by atoms with van der Waals surface area (Å²) in [6, 6.07) is 13.6. The Bertz CT molecular complexity index is 1230. The lowest BCUT2D eigenvalue weighted by Crippen LogP contribution is -2.51. The van der Waals surface area contributed by atoms with Crippen LogP contribution in [0.3, 0.4) is 0 Å². The van der Waals surface area contributed by atoms with E-state index in [0.717, 1.165) is 23.4 Å². The molecule has 1 N–H and O–H groups in total. The molecule has 4 rings (SSSR count). The number of ether oxygens (including phenoxy) is 3. The average molecular weight is 537 g/mol. The lowest BCUT2D eigenvalue weighted by Gasteiger charge is -2.32. The Morgan fingerprint density at radius 1 is 1.08 bits per heavy atom. The molecule has 1 aromatic heterocycles. The molecule has 9 heteroatoms. The number of methoxy groups -OCH3 is 1. The maximum Gasteiger partial charge on any atom is 0.219 e. The van der Waals surface area contributed by atoms with Gasteiger partial charge in [0.15, 0.2) is 11.5 Å². The number of β-amino-alcohol motifs (C(OH)–C–C–N with tert-alkyl or cyclic N) is 1. The van der Waals surface area contributed by atoms with E-state index in [-0.39, 0.29) is 19.1 Å². The number of nitrogens with zero attached hydrogens (tertiary/aromatic N) is 4. The van der Waals surface area contributed by atoms with Gasteiger partial charge in [-0.3, -0.25) is 9.69 Å². The first-order valence-electron chi connectivity index (χ1n) is 13.5. The number of carbonyl (C=O) groups excluding carboxylic acids is 1. The molecular weight excluding hydrogens is 496 g/mol. The Balaban J connectivity index is 1.41. The summed E-state index contributed by atoms with van der Waals surface area (Å²) >= 11 is 0. The minimum Gasteiger partial charge on any atom is -0.493 e. The van der Waals surface area contributed by atoms with Crippen LogP contribution in [0.4, 0.5) is 0 Å². The average Bonchev–Trinajstić information content (AvgIpc) is 3.31. The first-order valence-corrected chi connectivity index (χ1v) is 13.5. The standard InChI is InChI=1S/C30H40N4O5/c1-5-29-31-12-13-33(29)16-17-38-27-11-8-25(18-28(27)37-4)19-32-14-15-34(24(3)35)21-30(36,20-32)22-39-26-9-6-23(2)7-10-26/h6-13,18,36H,5,14-17,19-22H2,1-4H3. The Labute approximate surface area is 230 Å². The molecule has 9 nitrogen and oxygen atoms in total. The van der Waals surface area contributed by atoms with Crippen molar-refractivity contribution in [2.75, 3.05) is 46.5 Å². The van der Waals surface area contributed by atoms with Crippen molar-refractivity contribution in [3.8, 4) is 17.2 Å². The molecule has 0 radical (unpaired) electrons. The fourth-order valence-electron chi connectivity index (χ4n) is 4.89. The molecule has 2 aromatic carbocycles. The molecule has 0 aliphatic carbocycles. The van der Waals surface area contributed by atoms with E-state index in [4.69, 9.17) is 14.2 Å². The highest BCUT2D eigenvalue weighted by molar-refractivity contribution is 5.73. The normalized spacial score (nSPS) is 18.0. The number of rotatable bonds is 11. The summed E-state index contributed by atoms with van der Waals surface area (Å²) in [5, 5.41) is 11.6. The molecule has 0 bridgehead atoms. The zero-order chi connectivity index (χ0) is 27.8. The number of aromatic nitrogens is 2. The predicted molar refractivity (Wildman–Crippen MR) is 149 cm³/mol. The second-order valence-electron chi connectivity index (χ2n) is 10.2. The Morgan fingerprint density at radius 3 is 2.59 bits per heavy atom. The first kappa shape index (κ1) is 28.4. The number of hydrogen-bond donors (Lipinski definition) is 1. The SMILES string of the molecule is CCc1nccn1CCOc1ccc(CN2CCN(C(C)=O)CC(O)(COc3ccc(C)cc3)C2)cc1OC. The topological polar surface area (TPSA) is 89.3 Å². The third-order valence-corrected chi connectivity index (χ3v) is 7.00.